The zero-order valence-electron chi connectivity index (χ0n) is 11.2. The van der Waals surface area contributed by atoms with Gasteiger partial charge < -0.3 is 9.88 Å². The summed E-state index contributed by atoms with van der Waals surface area (Å²) in [7, 11) is 0. The van der Waals surface area contributed by atoms with E-state index in [-0.39, 0.29) is 6.04 Å². The van der Waals surface area contributed by atoms with Crippen LogP contribution in [-0.4, -0.2) is 21.1 Å². The zero-order valence-corrected chi connectivity index (χ0v) is 11.2. The number of imidazole rings is 1. The molecule has 1 atom stereocenters. The molecule has 0 amide bonds. The fourth-order valence-electron chi connectivity index (χ4n) is 2.10. The number of hydrogen-bond acceptors (Lipinski definition) is 3. The topological polar surface area (TPSA) is 42.7 Å². The minimum Gasteiger partial charge on any atom is -0.334 e. The highest BCUT2D eigenvalue weighted by molar-refractivity contribution is 5.22. The van der Waals surface area contributed by atoms with Crippen LogP contribution in [0.3, 0.4) is 0 Å². The Bertz CT molecular complexity index is 504. The molecule has 0 saturated heterocycles. The number of aromatic nitrogens is 3. The second-order valence-corrected chi connectivity index (χ2v) is 4.32. The van der Waals surface area contributed by atoms with Gasteiger partial charge in [0.1, 0.15) is 11.9 Å². The van der Waals surface area contributed by atoms with Crippen molar-refractivity contribution >= 4 is 0 Å². The van der Waals surface area contributed by atoms with E-state index in [4.69, 9.17) is 0 Å². The van der Waals surface area contributed by atoms with Gasteiger partial charge in [0.2, 0.25) is 0 Å². The van der Waals surface area contributed by atoms with Crippen LogP contribution in [-0.2, 0) is 6.54 Å². The molecule has 0 spiro atoms. The molecule has 18 heavy (non-hydrogen) atoms. The van der Waals surface area contributed by atoms with E-state index in [0.717, 1.165) is 24.6 Å². The van der Waals surface area contributed by atoms with Gasteiger partial charge >= 0.3 is 0 Å². The summed E-state index contributed by atoms with van der Waals surface area (Å²) < 4.78 is 2.15. The van der Waals surface area contributed by atoms with E-state index in [1.54, 1.807) is 0 Å². The van der Waals surface area contributed by atoms with Crippen LogP contribution in [0.25, 0.3) is 0 Å². The molecular weight excluding hydrogens is 224 g/mol. The van der Waals surface area contributed by atoms with Crippen LogP contribution in [0, 0.1) is 6.92 Å². The first-order chi connectivity index (χ1) is 8.76. The van der Waals surface area contributed by atoms with Gasteiger partial charge in [0.15, 0.2) is 0 Å². The summed E-state index contributed by atoms with van der Waals surface area (Å²) in [6.45, 7) is 8.11. The summed E-state index contributed by atoms with van der Waals surface area (Å²) in [5.41, 5.74) is 2.25. The van der Waals surface area contributed by atoms with E-state index < -0.39 is 0 Å². The minimum absolute atomic E-state index is 0.0600. The maximum atomic E-state index is 4.47. The van der Waals surface area contributed by atoms with E-state index in [9.17, 15) is 0 Å². The molecule has 4 nitrogen and oxygen atoms in total. The molecule has 2 aromatic rings. The van der Waals surface area contributed by atoms with Gasteiger partial charge in [-0.3, -0.25) is 4.98 Å². The molecular formula is C14H20N4. The molecule has 0 fully saturated rings. The maximum absolute atomic E-state index is 4.47. The number of nitrogens with one attached hydrogen (secondary N) is 1. The lowest BCUT2D eigenvalue weighted by Gasteiger charge is -2.18. The van der Waals surface area contributed by atoms with E-state index in [1.807, 2.05) is 24.7 Å². The number of rotatable bonds is 5. The van der Waals surface area contributed by atoms with Crippen molar-refractivity contribution in [1.29, 1.82) is 0 Å². The van der Waals surface area contributed by atoms with Crippen LogP contribution >= 0.6 is 0 Å². The quantitative estimate of drug-likeness (QED) is 0.877. The van der Waals surface area contributed by atoms with Gasteiger partial charge in [-0.2, -0.15) is 0 Å². The predicted octanol–water partition coefficient (Wildman–Crippen LogP) is 2.31. The Morgan fingerprint density at radius 3 is 2.78 bits per heavy atom. The molecule has 2 aromatic heterocycles. The Morgan fingerprint density at radius 1 is 1.28 bits per heavy atom. The molecule has 0 aliphatic heterocycles. The van der Waals surface area contributed by atoms with Crippen molar-refractivity contribution in [2.75, 3.05) is 6.54 Å². The summed E-state index contributed by atoms with van der Waals surface area (Å²) in [6.07, 6.45) is 5.71. The summed E-state index contributed by atoms with van der Waals surface area (Å²) in [4.78, 5) is 8.95. The molecule has 1 unspecified atom stereocenters. The second-order valence-electron chi connectivity index (χ2n) is 4.32. The van der Waals surface area contributed by atoms with E-state index in [2.05, 4.69) is 46.7 Å². The lowest BCUT2D eigenvalue weighted by atomic mass is 10.1. The summed E-state index contributed by atoms with van der Waals surface area (Å²) in [6, 6.07) is 4.19. The first kappa shape index (κ1) is 12.8. The van der Waals surface area contributed by atoms with Crippen LogP contribution in [0.2, 0.25) is 0 Å². The van der Waals surface area contributed by atoms with E-state index in [0.29, 0.717) is 0 Å². The Balaban J connectivity index is 2.39. The average Bonchev–Trinajstić information content (AvgIpc) is 2.84. The Kier molecular flexibility index (Phi) is 4.10. The number of pyridine rings is 1. The third-order valence-corrected chi connectivity index (χ3v) is 2.99. The molecule has 1 N–H and O–H groups in total. The highest BCUT2D eigenvalue weighted by Gasteiger charge is 2.18. The second kappa shape index (κ2) is 5.78. The summed E-state index contributed by atoms with van der Waals surface area (Å²) in [5, 5.41) is 3.46. The number of aryl methyl sites for hydroxylation is 2. The molecule has 0 saturated carbocycles. The number of nitrogens with zero attached hydrogens (tertiary/aromatic N) is 3. The molecule has 0 aromatic carbocycles. The fraction of sp³-hybridized carbons (Fsp3) is 0.429. The molecule has 2 rings (SSSR count). The van der Waals surface area contributed by atoms with Crippen LogP contribution < -0.4 is 5.32 Å². The standard InChI is InChI=1S/C14H20N4/c1-4-15-13(12-10-11(3)6-7-16-12)14-17-8-9-18(14)5-2/h6-10,13,15H,4-5H2,1-3H3. The molecule has 0 bridgehead atoms. The third kappa shape index (κ3) is 2.59. The molecule has 0 aliphatic carbocycles. The first-order valence-corrected chi connectivity index (χ1v) is 6.43. The van der Waals surface area contributed by atoms with Gasteiger partial charge in [0.25, 0.3) is 0 Å². The normalized spacial score (nSPS) is 12.6. The maximum Gasteiger partial charge on any atom is 0.132 e. The Labute approximate surface area is 108 Å². The SMILES string of the molecule is CCNC(c1cc(C)ccn1)c1nccn1CC. The summed E-state index contributed by atoms with van der Waals surface area (Å²) in [5.74, 6) is 1.03. The van der Waals surface area contributed by atoms with Gasteiger partial charge in [-0.1, -0.05) is 6.92 Å². The Morgan fingerprint density at radius 2 is 2.11 bits per heavy atom. The van der Waals surface area contributed by atoms with Gasteiger partial charge in [0, 0.05) is 25.1 Å². The van der Waals surface area contributed by atoms with Crippen molar-refractivity contribution in [2.45, 2.75) is 33.4 Å². The highest BCUT2D eigenvalue weighted by Crippen LogP contribution is 2.19. The van der Waals surface area contributed by atoms with Crippen molar-refractivity contribution in [3.8, 4) is 0 Å². The fourth-order valence-corrected chi connectivity index (χ4v) is 2.10. The van der Waals surface area contributed by atoms with Crippen molar-refractivity contribution in [1.82, 2.24) is 19.9 Å². The smallest absolute Gasteiger partial charge is 0.132 e. The van der Waals surface area contributed by atoms with Crippen LogP contribution in [0.5, 0.6) is 0 Å². The molecule has 0 radical (unpaired) electrons. The lowest BCUT2D eigenvalue weighted by molar-refractivity contribution is 0.548. The zero-order chi connectivity index (χ0) is 13.0. The lowest BCUT2D eigenvalue weighted by Crippen LogP contribution is -2.26. The van der Waals surface area contributed by atoms with E-state index in [1.165, 1.54) is 5.56 Å². The average molecular weight is 244 g/mol. The van der Waals surface area contributed by atoms with Crippen molar-refractivity contribution in [3.05, 3.63) is 47.8 Å². The van der Waals surface area contributed by atoms with Crippen LogP contribution in [0.1, 0.15) is 37.0 Å². The monoisotopic (exact) mass is 244 g/mol. The van der Waals surface area contributed by atoms with E-state index >= 15 is 0 Å². The largest absolute Gasteiger partial charge is 0.334 e. The third-order valence-electron chi connectivity index (χ3n) is 2.99. The molecule has 4 heteroatoms. The van der Waals surface area contributed by atoms with Crippen LogP contribution in [0.4, 0.5) is 0 Å². The van der Waals surface area contributed by atoms with Gasteiger partial charge in [-0.25, -0.2) is 4.98 Å². The molecule has 2 heterocycles. The van der Waals surface area contributed by atoms with Crippen molar-refractivity contribution in [3.63, 3.8) is 0 Å². The van der Waals surface area contributed by atoms with Gasteiger partial charge in [-0.05, 0) is 38.1 Å². The summed E-state index contributed by atoms with van der Waals surface area (Å²) >= 11 is 0. The first-order valence-electron chi connectivity index (χ1n) is 6.43. The van der Waals surface area contributed by atoms with Crippen molar-refractivity contribution in [2.24, 2.45) is 0 Å². The molecule has 96 valence electrons. The van der Waals surface area contributed by atoms with Gasteiger partial charge in [-0.15, -0.1) is 0 Å². The molecule has 0 aliphatic rings. The van der Waals surface area contributed by atoms with Gasteiger partial charge in [0.05, 0.1) is 5.69 Å². The predicted molar refractivity (Wildman–Crippen MR) is 72.4 cm³/mol. The minimum atomic E-state index is 0.0600. The highest BCUT2D eigenvalue weighted by atomic mass is 15.1. The number of hydrogen-bond donors (Lipinski definition) is 1. The van der Waals surface area contributed by atoms with Crippen LogP contribution in [0.15, 0.2) is 30.7 Å². The van der Waals surface area contributed by atoms with Crippen molar-refractivity contribution < 1.29 is 0 Å². The Hall–Kier alpha value is -1.68.